The molecule has 0 aliphatic rings. The van der Waals surface area contributed by atoms with Crippen molar-refractivity contribution in [2.24, 2.45) is 0 Å². The molecule has 1 aromatic heterocycles. The van der Waals surface area contributed by atoms with Gasteiger partial charge < -0.3 is 0 Å². The summed E-state index contributed by atoms with van der Waals surface area (Å²) >= 11 is 7.28. The van der Waals surface area contributed by atoms with Gasteiger partial charge in [-0.05, 0) is 29.8 Å². The predicted molar refractivity (Wildman–Crippen MR) is 82.0 cm³/mol. The zero-order valence-electron chi connectivity index (χ0n) is 10.1. The Balaban J connectivity index is 2.10. The first-order valence-corrected chi connectivity index (χ1v) is 6.97. The first-order chi connectivity index (χ1) is 9.28. The van der Waals surface area contributed by atoms with E-state index in [9.17, 15) is 0 Å². The molecular weight excluding hydrogens is 276 g/mol. The van der Waals surface area contributed by atoms with Gasteiger partial charge >= 0.3 is 0 Å². The Morgan fingerprint density at radius 3 is 2.74 bits per heavy atom. The van der Waals surface area contributed by atoms with Gasteiger partial charge in [0.15, 0.2) is 5.16 Å². The molecule has 0 saturated carbocycles. The molecule has 0 amide bonds. The summed E-state index contributed by atoms with van der Waals surface area (Å²) in [5.41, 5.74) is 1.92. The summed E-state index contributed by atoms with van der Waals surface area (Å²) in [5, 5.41) is 1.42. The van der Waals surface area contributed by atoms with Crippen molar-refractivity contribution in [3.05, 3.63) is 52.8 Å². The number of terminal acetylenes is 1. The maximum Gasteiger partial charge on any atom is 0.188 e. The van der Waals surface area contributed by atoms with Crippen LogP contribution in [0.1, 0.15) is 11.3 Å². The highest BCUT2D eigenvalue weighted by molar-refractivity contribution is 7.99. The summed E-state index contributed by atoms with van der Waals surface area (Å²) in [7, 11) is 0. The minimum absolute atomic E-state index is 0.574. The van der Waals surface area contributed by atoms with E-state index in [0.29, 0.717) is 10.9 Å². The molecule has 0 spiro atoms. The smallest absolute Gasteiger partial charge is 0.188 e. The Morgan fingerprint density at radius 2 is 2.00 bits per heavy atom. The summed E-state index contributed by atoms with van der Waals surface area (Å²) < 4.78 is 0. The monoisotopic (exact) mass is 286 g/mol. The highest BCUT2D eigenvalue weighted by Gasteiger charge is 1.97. The van der Waals surface area contributed by atoms with Gasteiger partial charge in [0.2, 0.25) is 0 Å². The van der Waals surface area contributed by atoms with Crippen LogP contribution >= 0.6 is 23.4 Å². The van der Waals surface area contributed by atoms with E-state index in [2.05, 4.69) is 15.9 Å². The van der Waals surface area contributed by atoms with Crippen LogP contribution in [-0.4, -0.2) is 15.7 Å². The Morgan fingerprint density at radius 1 is 1.21 bits per heavy atom. The average Bonchev–Trinajstić information content (AvgIpc) is 2.45. The van der Waals surface area contributed by atoms with Crippen molar-refractivity contribution in [1.82, 2.24) is 9.97 Å². The van der Waals surface area contributed by atoms with Crippen molar-refractivity contribution < 1.29 is 0 Å². The number of rotatable bonds is 4. The lowest BCUT2D eigenvalue weighted by Crippen LogP contribution is -1.88. The first-order valence-electron chi connectivity index (χ1n) is 5.61. The molecule has 2 nitrogen and oxygen atoms in total. The summed E-state index contributed by atoms with van der Waals surface area (Å²) in [5.74, 6) is 3.12. The first kappa shape index (κ1) is 13.7. The molecule has 19 heavy (non-hydrogen) atoms. The van der Waals surface area contributed by atoms with Gasteiger partial charge in [-0.3, -0.25) is 0 Å². The summed E-state index contributed by atoms with van der Waals surface area (Å²) in [4.78, 5) is 8.53. The Hall–Kier alpha value is -1.76. The minimum atomic E-state index is 0.574. The second-order valence-corrected chi connectivity index (χ2v) is 5.02. The van der Waals surface area contributed by atoms with Crippen LogP contribution in [0.2, 0.25) is 5.02 Å². The van der Waals surface area contributed by atoms with E-state index in [1.54, 1.807) is 6.20 Å². The third kappa shape index (κ3) is 4.44. The van der Waals surface area contributed by atoms with Crippen LogP contribution in [0, 0.1) is 12.3 Å². The highest BCUT2D eigenvalue weighted by Crippen LogP contribution is 2.14. The topological polar surface area (TPSA) is 25.8 Å². The SMILES string of the molecule is C#CCSc1nccc(C=Cc2ccc(Cl)cc2)n1. The van der Waals surface area contributed by atoms with Crippen LogP contribution in [0.5, 0.6) is 0 Å². The molecule has 4 heteroatoms. The number of nitrogens with zero attached hydrogens (tertiary/aromatic N) is 2. The third-order valence-corrected chi connectivity index (χ3v) is 3.27. The molecule has 0 radical (unpaired) electrons. The van der Waals surface area contributed by atoms with Crippen molar-refractivity contribution in [3.63, 3.8) is 0 Å². The van der Waals surface area contributed by atoms with Crippen molar-refractivity contribution in [2.75, 3.05) is 5.75 Å². The highest BCUT2D eigenvalue weighted by atomic mass is 35.5. The molecule has 0 atom stereocenters. The van der Waals surface area contributed by atoms with Crippen molar-refractivity contribution in [3.8, 4) is 12.3 Å². The molecular formula is C15H11ClN2S. The van der Waals surface area contributed by atoms with Crippen LogP contribution in [0.3, 0.4) is 0 Å². The molecule has 0 fully saturated rings. The Labute approximate surface area is 121 Å². The number of benzene rings is 1. The number of hydrogen-bond acceptors (Lipinski definition) is 3. The minimum Gasteiger partial charge on any atom is -0.231 e. The molecule has 1 heterocycles. The van der Waals surface area contributed by atoms with E-state index < -0.39 is 0 Å². The van der Waals surface area contributed by atoms with E-state index in [0.717, 1.165) is 16.3 Å². The van der Waals surface area contributed by atoms with Crippen LogP contribution in [-0.2, 0) is 0 Å². The van der Waals surface area contributed by atoms with Gasteiger partial charge in [0.1, 0.15) is 0 Å². The molecule has 0 bridgehead atoms. The van der Waals surface area contributed by atoms with E-state index in [1.807, 2.05) is 42.5 Å². The fraction of sp³-hybridized carbons (Fsp3) is 0.0667. The molecule has 2 rings (SSSR count). The van der Waals surface area contributed by atoms with Crippen LogP contribution in [0.25, 0.3) is 12.2 Å². The van der Waals surface area contributed by atoms with Gasteiger partial charge in [0, 0.05) is 11.2 Å². The van der Waals surface area contributed by atoms with Gasteiger partial charge in [-0.2, -0.15) is 0 Å². The zero-order chi connectivity index (χ0) is 13.5. The van der Waals surface area contributed by atoms with Crippen molar-refractivity contribution in [2.45, 2.75) is 5.16 Å². The van der Waals surface area contributed by atoms with Gasteiger partial charge in [0.05, 0.1) is 11.4 Å². The fourth-order valence-corrected chi connectivity index (χ4v) is 2.02. The molecule has 0 aliphatic heterocycles. The lowest BCUT2D eigenvalue weighted by Gasteiger charge is -1.98. The van der Waals surface area contributed by atoms with Gasteiger partial charge in [-0.1, -0.05) is 47.5 Å². The van der Waals surface area contributed by atoms with E-state index in [-0.39, 0.29) is 0 Å². The molecule has 94 valence electrons. The van der Waals surface area contributed by atoms with Crippen LogP contribution in [0.15, 0.2) is 41.7 Å². The van der Waals surface area contributed by atoms with E-state index >= 15 is 0 Å². The van der Waals surface area contributed by atoms with Crippen LogP contribution < -0.4 is 0 Å². The molecule has 0 aliphatic carbocycles. The molecule has 2 aromatic rings. The summed E-state index contributed by atoms with van der Waals surface area (Å²) in [6.07, 6.45) is 10.9. The Bertz CT molecular complexity index is 615. The average molecular weight is 287 g/mol. The zero-order valence-corrected chi connectivity index (χ0v) is 11.7. The van der Waals surface area contributed by atoms with E-state index in [4.69, 9.17) is 18.0 Å². The van der Waals surface area contributed by atoms with Crippen LogP contribution in [0.4, 0.5) is 0 Å². The second kappa shape index (κ2) is 6.98. The summed E-state index contributed by atoms with van der Waals surface area (Å²) in [6.45, 7) is 0. The largest absolute Gasteiger partial charge is 0.231 e. The molecule has 0 saturated heterocycles. The summed E-state index contributed by atoms with van der Waals surface area (Å²) in [6, 6.07) is 9.47. The van der Waals surface area contributed by atoms with Gasteiger partial charge in [-0.25, -0.2) is 9.97 Å². The quantitative estimate of drug-likeness (QED) is 0.482. The normalized spacial score (nSPS) is 10.5. The van der Waals surface area contributed by atoms with Crippen molar-refractivity contribution >= 4 is 35.5 Å². The maximum atomic E-state index is 5.83. The molecule has 0 N–H and O–H groups in total. The van der Waals surface area contributed by atoms with E-state index in [1.165, 1.54) is 11.8 Å². The molecule has 1 aromatic carbocycles. The maximum absolute atomic E-state index is 5.83. The predicted octanol–water partition coefficient (Wildman–Crippen LogP) is 4.03. The lowest BCUT2D eigenvalue weighted by atomic mass is 10.2. The number of hydrogen-bond donors (Lipinski definition) is 0. The van der Waals surface area contributed by atoms with Crippen molar-refractivity contribution in [1.29, 1.82) is 0 Å². The van der Waals surface area contributed by atoms with Gasteiger partial charge in [-0.15, -0.1) is 6.42 Å². The fourth-order valence-electron chi connectivity index (χ4n) is 1.38. The standard InChI is InChI=1S/C15H11ClN2S/c1-2-11-19-15-17-10-9-14(18-15)8-5-12-3-6-13(16)7-4-12/h1,3-10H,11H2. The lowest BCUT2D eigenvalue weighted by molar-refractivity contribution is 0.960. The second-order valence-electron chi connectivity index (χ2n) is 3.64. The Kier molecular flexibility index (Phi) is 5.02. The third-order valence-electron chi connectivity index (χ3n) is 2.26. The number of halogens is 1. The number of aromatic nitrogens is 2. The molecule has 0 unspecified atom stereocenters. The van der Waals surface area contributed by atoms with Gasteiger partial charge in [0.25, 0.3) is 0 Å². The number of thioether (sulfide) groups is 1.